The van der Waals surface area contributed by atoms with E-state index in [4.69, 9.17) is 0 Å². The highest BCUT2D eigenvalue weighted by atomic mass is 14.9. The fraction of sp³-hybridized carbons (Fsp3) is 0.467. The molecule has 1 rings (SSSR count). The summed E-state index contributed by atoms with van der Waals surface area (Å²) in [5.74, 6) is 0. The van der Waals surface area contributed by atoms with Crippen LogP contribution in [0.15, 0.2) is 18.2 Å². The van der Waals surface area contributed by atoms with Gasteiger partial charge in [0.2, 0.25) is 0 Å². The maximum atomic E-state index is 3.38. The van der Waals surface area contributed by atoms with Crippen LogP contribution < -0.4 is 5.32 Å². The average molecular weight is 217 g/mol. The highest BCUT2D eigenvalue weighted by Crippen LogP contribution is 2.17. The Kier molecular flexibility index (Phi) is 4.75. The molecule has 88 valence electrons. The lowest BCUT2D eigenvalue weighted by molar-refractivity contribution is 0.663. The number of benzene rings is 1. The Hall–Kier alpha value is -1.08. The summed E-state index contributed by atoms with van der Waals surface area (Å²) in [6, 6.07) is 4.92. The molecule has 0 radical (unpaired) electrons. The Morgan fingerprint density at radius 1 is 1.19 bits per heavy atom. The van der Waals surface area contributed by atoms with E-state index < -0.39 is 0 Å². The molecule has 0 saturated carbocycles. The SMILES string of the molecule is CCNC(C)/C=C/c1c(C)cc(C)cc1C. The number of likely N-dealkylation sites (N-methyl/N-ethyl adjacent to an activating group) is 1. The predicted octanol–water partition coefficient (Wildman–Crippen LogP) is 3.62. The third-order valence-corrected chi connectivity index (χ3v) is 2.82. The quantitative estimate of drug-likeness (QED) is 0.812. The van der Waals surface area contributed by atoms with Crippen LogP contribution >= 0.6 is 0 Å². The van der Waals surface area contributed by atoms with E-state index in [1.807, 2.05) is 0 Å². The minimum Gasteiger partial charge on any atom is -0.311 e. The first-order valence-corrected chi connectivity index (χ1v) is 6.04. The van der Waals surface area contributed by atoms with Crippen LogP contribution in [0.25, 0.3) is 6.08 Å². The van der Waals surface area contributed by atoms with E-state index in [0.29, 0.717) is 6.04 Å². The van der Waals surface area contributed by atoms with Crippen LogP contribution in [0, 0.1) is 20.8 Å². The number of nitrogens with one attached hydrogen (secondary N) is 1. The van der Waals surface area contributed by atoms with Crippen molar-refractivity contribution in [2.75, 3.05) is 6.54 Å². The van der Waals surface area contributed by atoms with Gasteiger partial charge in [0.25, 0.3) is 0 Å². The summed E-state index contributed by atoms with van der Waals surface area (Å²) in [5, 5.41) is 3.38. The van der Waals surface area contributed by atoms with Crippen LogP contribution in [-0.4, -0.2) is 12.6 Å². The second-order valence-electron chi connectivity index (χ2n) is 4.52. The average Bonchev–Trinajstić information content (AvgIpc) is 2.16. The molecule has 0 heterocycles. The molecule has 16 heavy (non-hydrogen) atoms. The summed E-state index contributed by atoms with van der Waals surface area (Å²) in [7, 11) is 0. The molecule has 0 aromatic heterocycles. The third-order valence-electron chi connectivity index (χ3n) is 2.82. The van der Waals surface area contributed by atoms with Crippen molar-refractivity contribution in [1.82, 2.24) is 5.32 Å². The molecule has 1 aromatic rings. The molecule has 0 aliphatic heterocycles. The van der Waals surface area contributed by atoms with Crippen LogP contribution in [0.5, 0.6) is 0 Å². The van der Waals surface area contributed by atoms with Crippen molar-refractivity contribution in [2.45, 2.75) is 40.7 Å². The molecule has 0 saturated heterocycles. The van der Waals surface area contributed by atoms with Crippen LogP contribution in [0.4, 0.5) is 0 Å². The van der Waals surface area contributed by atoms with Gasteiger partial charge in [-0.1, -0.05) is 36.8 Å². The van der Waals surface area contributed by atoms with Gasteiger partial charge in [0.05, 0.1) is 0 Å². The number of hydrogen-bond donors (Lipinski definition) is 1. The summed E-state index contributed by atoms with van der Waals surface area (Å²) in [6.45, 7) is 11.8. The molecule has 0 fully saturated rings. The molecule has 0 amide bonds. The molecule has 0 bridgehead atoms. The first-order chi connectivity index (χ1) is 7.54. The predicted molar refractivity (Wildman–Crippen MR) is 72.8 cm³/mol. The molecular formula is C15H23N. The topological polar surface area (TPSA) is 12.0 Å². The molecular weight excluding hydrogens is 194 g/mol. The van der Waals surface area contributed by atoms with Gasteiger partial charge in [0.1, 0.15) is 0 Å². The van der Waals surface area contributed by atoms with Gasteiger partial charge in [-0.3, -0.25) is 0 Å². The van der Waals surface area contributed by atoms with Crippen molar-refractivity contribution in [3.63, 3.8) is 0 Å². The highest BCUT2D eigenvalue weighted by molar-refractivity contribution is 5.58. The van der Waals surface area contributed by atoms with Gasteiger partial charge in [-0.25, -0.2) is 0 Å². The second-order valence-corrected chi connectivity index (χ2v) is 4.52. The number of rotatable bonds is 4. The van der Waals surface area contributed by atoms with Crippen molar-refractivity contribution in [3.05, 3.63) is 40.5 Å². The monoisotopic (exact) mass is 217 g/mol. The maximum absolute atomic E-state index is 3.38. The highest BCUT2D eigenvalue weighted by Gasteiger charge is 2.00. The molecule has 1 atom stereocenters. The lowest BCUT2D eigenvalue weighted by Crippen LogP contribution is -2.22. The van der Waals surface area contributed by atoms with Gasteiger partial charge in [-0.05, 0) is 50.9 Å². The number of hydrogen-bond acceptors (Lipinski definition) is 1. The smallest absolute Gasteiger partial charge is 0.0224 e. The molecule has 1 nitrogen and oxygen atoms in total. The zero-order chi connectivity index (χ0) is 12.1. The Morgan fingerprint density at radius 3 is 2.25 bits per heavy atom. The van der Waals surface area contributed by atoms with Crippen molar-refractivity contribution >= 4 is 6.08 Å². The van der Waals surface area contributed by atoms with Gasteiger partial charge in [-0.2, -0.15) is 0 Å². The largest absolute Gasteiger partial charge is 0.311 e. The van der Waals surface area contributed by atoms with Gasteiger partial charge < -0.3 is 5.32 Å². The Morgan fingerprint density at radius 2 is 1.75 bits per heavy atom. The van der Waals surface area contributed by atoms with E-state index in [0.717, 1.165) is 6.54 Å². The Labute approximate surface area is 99.6 Å². The zero-order valence-corrected chi connectivity index (χ0v) is 11.1. The van der Waals surface area contributed by atoms with E-state index >= 15 is 0 Å². The molecule has 1 N–H and O–H groups in total. The Bertz CT molecular complexity index is 354. The van der Waals surface area contributed by atoms with E-state index in [-0.39, 0.29) is 0 Å². The summed E-state index contributed by atoms with van der Waals surface area (Å²) >= 11 is 0. The molecule has 1 unspecified atom stereocenters. The van der Waals surface area contributed by atoms with E-state index in [2.05, 4.69) is 64.2 Å². The summed E-state index contributed by atoms with van der Waals surface area (Å²) in [4.78, 5) is 0. The first-order valence-electron chi connectivity index (χ1n) is 6.04. The van der Waals surface area contributed by atoms with Crippen molar-refractivity contribution in [3.8, 4) is 0 Å². The maximum Gasteiger partial charge on any atom is 0.0224 e. The molecule has 0 aliphatic carbocycles. The summed E-state index contributed by atoms with van der Waals surface area (Å²) in [5.41, 5.74) is 5.41. The Balaban J connectivity index is 2.89. The second kappa shape index (κ2) is 5.86. The van der Waals surface area contributed by atoms with Gasteiger partial charge in [0, 0.05) is 6.04 Å². The van der Waals surface area contributed by atoms with Gasteiger partial charge >= 0.3 is 0 Å². The lowest BCUT2D eigenvalue weighted by Gasteiger charge is -2.09. The van der Waals surface area contributed by atoms with Gasteiger partial charge in [0.15, 0.2) is 0 Å². The summed E-state index contributed by atoms with van der Waals surface area (Å²) in [6.07, 6.45) is 4.46. The van der Waals surface area contributed by atoms with Crippen molar-refractivity contribution < 1.29 is 0 Å². The third kappa shape index (κ3) is 3.49. The zero-order valence-electron chi connectivity index (χ0n) is 11.1. The van der Waals surface area contributed by atoms with Crippen LogP contribution in [0.2, 0.25) is 0 Å². The minimum absolute atomic E-state index is 0.435. The van der Waals surface area contributed by atoms with E-state index in [1.165, 1.54) is 22.3 Å². The normalized spacial score (nSPS) is 13.3. The fourth-order valence-corrected chi connectivity index (χ4v) is 2.08. The summed E-state index contributed by atoms with van der Waals surface area (Å²) < 4.78 is 0. The number of aryl methyl sites for hydroxylation is 3. The molecule has 0 aliphatic rings. The van der Waals surface area contributed by atoms with E-state index in [9.17, 15) is 0 Å². The molecule has 0 spiro atoms. The van der Waals surface area contributed by atoms with Crippen LogP contribution in [0.1, 0.15) is 36.1 Å². The minimum atomic E-state index is 0.435. The van der Waals surface area contributed by atoms with E-state index in [1.54, 1.807) is 0 Å². The fourth-order valence-electron chi connectivity index (χ4n) is 2.08. The standard InChI is InChI=1S/C15H23N/c1-6-16-14(5)7-8-15-12(3)9-11(2)10-13(15)4/h7-10,14,16H,6H2,1-5H3/b8-7+. The first kappa shape index (κ1) is 13.0. The molecule has 1 aromatic carbocycles. The van der Waals surface area contributed by atoms with Crippen LogP contribution in [-0.2, 0) is 0 Å². The van der Waals surface area contributed by atoms with Crippen molar-refractivity contribution in [1.29, 1.82) is 0 Å². The van der Waals surface area contributed by atoms with Crippen LogP contribution in [0.3, 0.4) is 0 Å². The lowest BCUT2D eigenvalue weighted by atomic mass is 9.99. The molecule has 1 heteroatoms. The van der Waals surface area contributed by atoms with Crippen molar-refractivity contribution in [2.24, 2.45) is 0 Å². The van der Waals surface area contributed by atoms with Gasteiger partial charge in [-0.15, -0.1) is 0 Å².